The molecule has 11 heteroatoms. The summed E-state index contributed by atoms with van der Waals surface area (Å²) >= 11 is 20.6. The predicted molar refractivity (Wildman–Crippen MR) is 146 cm³/mol. The Morgan fingerprint density at radius 3 is 2.41 bits per heavy atom. The summed E-state index contributed by atoms with van der Waals surface area (Å²) in [6.07, 6.45) is 1.84. The first kappa shape index (κ1) is 25.7. The molecule has 1 N–H and O–H groups in total. The molecule has 2 heterocycles. The van der Waals surface area contributed by atoms with Crippen LogP contribution in [0.4, 0.5) is 4.39 Å². The number of hydrogen-bond acceptors (Lipinski definition) is 5. The zero-order valence-electron chi connectivity index (χ0n) is 19.7. The van der Waals surface area contributed by atoms with Crippen LogP contribution in [0.3, 0.4) is 0 Å². The molecule has 0 aliphatic carbocycles. The Morgan fingerprint density at radius 1 is 0.946 bits per heavy atom. The number of nitrogens with zero attached hydrogens (tertiary/aromatic N) is 5. The van der Waals surface area contributed by atoms with Gasteiger partial charge >= 0.3 is 0 Å². The van der Waals surface area contributed by atoms with Crippen LogP contribution < -0.4 is 0 Å². The van der Waals surface area contributed by atoms with Crippen molar-refractivity contribution in [1.29, 1.82) is 0 Å². The van der Waals surface area contributed by atoms with Gasteiger partial charge in [0.2, 0.25) is 5.82 Å². The Hall–Kier alpha value is -2.91. The number of aromatic nitrogens is 6. The third-order valence-corrected chi connectivity index (χ3v) is 8.20. The zero-order valence-corrected chi connectivity index (χ0v) is 22.8. The summed E-state index contributed by atoms with van der Waals surface area (Å²) in [5.74, 6) is 0.731. The Bertz CT molecular complexity index is 1550. The second kappa shape index (κ2) is 10.5. The van der Waals surface area contributed by atoms with Crippen LogP contribution >= 0.6 is 46.6 Å². The molecule has 0 unspecified atom stereocenters. The van der Waals surface area contributed by atoms with Gasteiger partial charge in [-0.25, -0.2) is 9.37 Å². The topological polar surface area (TPSA) is 72.3 Å². The molecular weight excluding hydrogens is 554 g/mol. The lowest BCUT2D eigenvalue weighted by Crippen LogP contribution is -2.23. The molecule has 0 aliphatic rings. The highest BCUT2D eigenvalue weighted by molar-refractivity contribution is 7.98. The van der Waals surface area contributed by atoms with Gasteiger partial charge in [0.15, 0.2) is 5.16 Å². The third kappa shape index (κ3) is 5.25. The quantitative estimate of drug-likeness (QED) is 0.201. The normalized spacial score (nSPS) is 11.7. The Balaban J connectivity index is 1.51. The standard InChI is InChI=1S/C26H20Cl3FN6S/c1-26(2,17-5-10-20(27)22(29)12-17)23-13-31-25(36(23)19-8-6-18(30)7-9-19)37-14-16-4-3-15(11-21(16)28)24-32-34-35-33-24/h3-13H,14H2,1-2H3,(H,32,33,34,35). The lowest BCUT2D eigenvalue weighted by molar-refractivity contribution is 0.591. The van der Waals surface area contributed by atoms with E-state index in [9.17, 15) is 4.39 Å². The molecule has 0 fully saturated rings. The molecule has 37 heavy (non-hydrogen) atoms. The van der Waals surface area contributed by atoms with Gasteiger partial charge in [-0.1, -0.05) is 78.6 Å². The lowest BCUT2D eigenvalue weighted by Gasteiger charge is -2.28. The smallest absolute Gasteiger partial charge is 0.204 e. The maximum absolute atomic E-state index is 13.8. The van der Waals surface area contributed by atoms with E-state index in [2.05, 4.69) is 34.5 Å². The van der Waals surface area contributed by atoms with Crippen molar-refractivity contribution < 1.29 is 4.39 Å². The van der Waals surface area contributed by atoms with E-state index in [1.807, 2.05) is 41.1 Å². The lowest BCUT2D eigenvalue weighted by atomic mass is 9.81. The molecule has 3 aromatic carbocycles. The van der Waals surface area contributed by atoms with Crippen LogP contribution in [0.5, 0.6) is 0 Å². The van der Waals surface area contributed by atoms with E-state index in [1.54, 1.807) is 18.2 Å². The molecule has 6 nitrogen and oxygen atoms in total. The number of tetrazole rings is 1. The average molecular weight is 574 g/mol. The van der Waals surface area contributed by atoms with Gasteiger partial charge in [-0.15, -0.1) is 10.2 Å². The highest BCUT2D eigenvalue weighted by atomic mass is 35.5. The minimum Gasteiger partial charge on any atom is -0.291 e. The van der Waals surface area contributed by atoms with E-state index < -0.39 is 5.41 Å². The zero-order chi connectivity index (χ0) is 26.2. The second-order valence-electron chi connectivity index (χ2n) is 8.82. The summed E-state index contributed by atoms with van der Waals surface area (Å²) in [5, 5.41) is 16.3. The number of rotatable bonds is 7. The minimum absolute atomic E-state index is 0.308. The summed E-state index contributed by atoms with van der Waals surface area (Å²) in [6, 6.07) is 17.6. The van der Waals surface area contributed by atoms with Crippen LogP contribution in [0.2, 0.25) is 15.1 Å². The van der Waals surface area contributed by atoms with Gasteiger partial charge in [0.1, 0.15) is 5.82 Å². The fourth-order valence-electron chi connectivity index (χ4n) is 3.98. The summed E-state index contributed by atoms with van der Waals surface area (Å²) < 4.78 is 15.8. The fourth-order valence-corrected chi connectivity index (χ4v) is 5.60. The predicted octanol–water partition coefficient (Wildman–Crippen LogP) is 7.77. The molecule has 0 spiro atoms. The molecule has 5 aromatic rings. The summed E-state index contributed by atoms with van der Waals surface area (Å²) in [5.41, 5.74) is 3.89. The van der Waals surface area contributed by atoms with Crippen LogP contribution in [0.25, 0.3) is 17.1 Å². The molecule has 0 saturated heterocycles. The van der Waals surface area contributed by atoms with E-state index in [0.717, 1.165) is 33.2 Å². The van der Waals surface area contributed by atoms with Crippen molar-refractivity contribution in [2.24, 2.45) is 0 Å². The van der Waals surface area contributed by atoms with Crippen molar-refractivity contribution in [3.05, 3.63) is 105 Å². The van der Waals surface area contributed by atoms with Gasteiger partial charge in [0.05, 0.1) is 21.9 Å². The van der Waals surface area contributed by atoms with Gasteiger partial charge in [-0.2, -0.15) is 5.21 Å². The first-order valence-electron chi connectivity index (χ1n) is 11.2. The largest absolute Gasteiger partial charge is 0.291 e. The molecule has 0 saturated carbocycles. The first-order chi connectivity index (χ1) is 17.7. The maximum Gasteiger partial charge on any atom is 0.204 e. The van der Waals surface area contributed by atoms with E-state index in [1.165, 1.54) is 23.9 Å². The van der Waals surface area contributed by atoms with Crippen molar-refractivity contribution in [3.63, 3.8) is 0 Å². The van der Waals surface area contributed by atoms with E-state index in [4.69, 9.17) is 39.8 Å². The Labute approximate surface area is 232 Å². The number of benzene rings is 3. The van der Waals surface area contributed by atoms with Gasteiger partial charge in [0, 0.05) is 27.4 Å². The van der Waals surface area contributed by atoms with Crippen LogP contribution in [0.15, 0.2) is 72.0 Å². The van der Waals surface area contributed by atoms with E-state index in [0.29, 0.717) is 26.6 Å². The number of imidazole rings is 1. The molecule has 0 atom stereocenters. The molecule has 0 amide bonds. The average Bonchev–Trinajstić information content (AvgIpc) is 3.56. The third-order valence-electron chi connectivity index (χ3n) is 6.11. The van der Waals surface area contributed by atoms with Gasteiger partial charge in [0.25, 0.3) is 0 Å². The van der Waals surface area contributed by atoms with Crippen molar-refractivity contribution >= 4 is 46.6 Å². The fraction of sp³-hybridized carbons (Fsp3) is 0.154. The van der Waals surface area contributed by atoms with Gasteiger partial charge < -0.3 is 0 Å². The summed E-state index contributed by atoms with van der Waals surface area (Å²) in [4.78, 5) is 4.75. The monoisotopic (exact) mass is 572 g/mol. The number of aromatic amines is 1. The summed E-state index contributed by atoms with van der Waals surface area (Å²) in [7, 11) is 0. The summed E-state index contributed by atoms with van der Waals surface area (Å²) in [6.45, 7) is 4.18. The second-order valence-corrected chi connectivity index (χ2v) is 11.0. The molecule has 0 radical (unpaired) electrons. The van der Waals surface area contributed by atoms with E-state index >= 15 is 0 Å². The molecule has 5 rings (SSSR count). The molecular formula is C26H20Cl3FN6S. The van der Waals surface area contributed by atoms with Crippen LogP contribution in [0, 0.1) is 5.82 Å². The Morgan fingerprint density at radius 2 is 1.73 bits per heavy atom. The van der Waals surface area contributed by atoms with E-state index in [-0.39, 0.29) is 5.82 Å². The molecule has 2 aromatic heterocycles. The minimum atomic E-state index is -0.488. The molecule has 0 bridgehead atoms. The molecule has 188 valence electrons. The van der Waals surface area contributed by atoms with Crippen molar-refractivity contribution in [2.45, 2.75) is 30.2 Å². The number of halogens is 4. The van der Waals surface area contributed by atoms with Gasteiger partial charge in [-0.05, 0) is 58.8 Å². The van der Waals surface area contributed by atoms with Crippen molar-refractivity contribution in [3.8, 4) is 17.1 Å². The number of hydrogen-bond donors (Lipinski definition) is 1. The van der Waals surface area contributed by atoms with Crippen molar-refractivity contribution in [2.75, 3.05) is 0 Å². The Kier molecular flexibility index (Phi) is 7.27. The highest BCUT2D eigenvalue weighted by Crippen LogP contribution is 2.39. The van der Waals surface area contributed by atoms with Crippen molar-refractivity contribution in [1.82, 2.24) is 30.2 Å². The number of nitrogens with one attached hydrogen (secondary N) is 1. The van der Waals surface area contributed by atoms with Gasteiger partial charge in [-0.3, -0.25) is 4.57 Å². The maximum atomic E-state index is 13.8. The first-order valence-corrected chi connectivity index (χ1v) is 13.3. The highest BCUT2D eigenvalue weighted by Gasteiger charge is 2.30. The molecule has 0 aliphatic heterocycles. The number of H-pyrrole nitrogens is 1. The van der Waals surface area contributed by atoms with Crippen LogP contribution in [-0.4, -0.2) is 30.2 Å². The SMILES string of the molecule is CC(C)(c1ccc(Cl)c(Cl)c1)c1cnc(SCc2ccc(-c3nn[nH]n3)cc2Cl)n1-c1ccc(F)cc1. The van der Waals surface area contributed by atoms with Crippen LogP contribution in [0.1, 0.15) is 30.7 Å². The van der Waals surface area contributed by atoms with Crippen LogP contribution in [-0.2, 0) is 11.2 Å². The number of thioether (sulfide) groups is 1.